The summed E-state index contributed by atoms with van der Waals surface area (Å²) in [7, 11) is 1.34. The molecule has 0 aliphatic heterocycles. The van der Waals surface area contributed by atoms with Gasteiger partial charge in [0.25, 0.3) is 0 Å². The van der Waals surface area contributed by atoms with Gasteiger partial charge in [0.05, 0.1) is 17.7 Å². The van der Waals surface area contributed by atoms with E-state index in [1.54, 1.807) is 53.7 Å². The lowest BCUT2D eigenvalue weighted by molar-refractivity contribution is -0.123. The van der Waals surface area contributed by atoms with Crippen LogP contribution in [-0.4, -0.2) is 37.3 Å². The first kappa shape index (κ1) is 28.6. The monoisotopic (exact) mass is 500 g/mol. The number of carbonyl (C=O) groups excluding carboxylic acids is 4. The maximum absolute atomic E-state index is 14.6. The van der Waals surface area contributed by atoms with Gasteiger partial charge < -0.3 is 20.1 Å². The molecule has 9 heteroatoms. The van der Waals surface area contributed by atoms with Crippen LogP contribution in [0.15, 0.2) is 36.4 Å². The second kappa shape index (κ2) is 11.4. The fraction of sp³-hybridized carbons (Fsp3) is 0.407. The van der Waals surface area contributed by atoms with Gasteiger partial charge in [-0.3, -0.25) is 19.2 Å². The Bertz CT molecular complexity index is 1140. The van der Waals surface area contributed by atoms with Crippen LogP contribution in [0.1, 0.15) is 68.7 Å². The van der Waals surface area contributed by atoms with Crippen molar-refractivity contribution in [2.24, 2.45) is 10.8 Å². The van der Waals surface area contributed by atoms with Crippen LogP contribution in [0.5, 0.6) is 5.75 Å². The Kier molecular flexibility index (Phi) is 9.10. The van der Waals surface area contributed by atoms with Crippen LogP contribution in [0.4, 0.5) is 15.8 Å². The fourth-order valence-corrected chi connectivity index (χ4v) is 2.90. The van der Waals surface area contributed by atoms with Crippen molar-refractivity contribution < 1.29 is 33.0 Å². The molecule has 194 valence electrons. The van der Waals surface area contributed by atoms with Crippen molar-refractivity contribution in [3.05, 3.63) is 53.3 Å². The van der Waals surface area contributed by atoms with Gasteiger partial charge in [0.15, 0.2) is 29.9 Å². The smallest absolute Gasteiger partial charge is 0.229 e. The van der Waals surface area contributed by atoms with Crippen molar-refractivity contribution >= 4 is 34.8 Å². The number of amides is 2. The molecule has 0 atom stereocenters. The molecule has 36 heavy (non-hydrogen) atoms. The molecule has 2 N–H and O–H groups in total. The molecule has 0 aliphatic carbocycles. The normalized spacial score (nSPS) is 11.6. The van der Waals surface area contributed by atoms with Gasteiger partial charge in [-0.1, -0.05) is 41.5 Å². The summed E-state index contributed by atoms with van der Waals surface area (Å²) in [6.07, 6.45) is -0.598. The Labute approximate surface area is 210 Å². The Morgan fingerprint density at radius 2 is 1.36 bits per heavy atom. The zero-order valence-corrected chi connectivity index (χ0v) is 21.7. The summed E-state index contributed by atoms with van der Waals surface area (Å²) in [6.45, 7) is 10.1. The molecule has 0 saturated carbocycles. The van der Waals surface area contributed by atoms with Gasteiger partial charge in [-0.25, -0.2) is 4.39 Å². The number of carbonyl (C=O) groups is 4. The molecule has 8 nitrogen and oxygen atoms in total. The number of rotatable bonds is 9. The molecule has 0 aromatic heterocycles. The maximum atomic E-state index is 14.6. The van der Waals surface area contributed by atoms with Crippen molar-refractivity contribution in [3.8, 4) is 5.75 Å². The van der Waals surface area contributed by atoms with Crippen LogP contribution in [0.3, 0.4) is 0 Å². The average molecular weight is 501 g/mol. The van der Waals surface area contributed by atoms with Crippen LogP contribution < -0.4 is 15.4 Å². The van der Waals surface area contributed by atoms with Crippen LogP contribution in [0.2, 0.25) is 0 Å². The molecular formula is C27H33FN2O6. The number of nitrogens with one attached hydrogen (secondary N) is 2. The van der Waals surface area contributed by atoms with E-state index in [1.165, 1.54) is 25.3 Å². The highest BCUT2D eigenvalue weighted by Gasteiger charge is 2.28. The number of ketones is 2. The zero-order valence-electron chi connectivity index (χ0n) is 21.7. The largest absolute Gasteiger partial charge is 0.464 e. The lowest BCUT2D eigenvalue weighted by Crippen LogP contribution is -2.28. The van der Waals surface area contributed by atoms with E-state index in [-0.39, 0.29) is 29.5 Å². The van der Waals surface area contributed by atoms with Gasteiger partial charge in [0.2, 0.25) is 11.8 Å². The standard InChI is InChI=1S/C27H33FN2O6/c1-26(2,3)24(33)29-17-10-8-16(9-11-17)20(31)14-21(32)22-19(30-25(34)27(4,5)6)13-12-18(28)23(22)36-15-35-7/h8-13H,14-15H2,1-7H3,(H,29,33)(H,30,34). The summed E-state index contributed by atoms with van der Waals surface area (Å²) in [5.74, 6) is -3.10. The number of halogens is 1. The van der Waals surface area contributed by atoms with E-state index in [0.29, 0.717) is 5.69 Å². The van der Waals surface area contributed by atoms with E-state index >= 15 is 0 Å². The molecule has 2 aromatic carbocycles. The predicted molar refractivity (Wildman–Crippen MR) is 135 cm³/mol. The minimum Gasteiger partial charge on any atom is -0.464 e. The number of Topliss-reactive ketones (excluding diaryl/α,β-unsaturated/α-hetero) is 2. The van der Waals surface area contributed by atoms with Crippen molar-refractivity contribution in [1.82, 2.24) is 0 Å². The molecule has 2 amide bonds. The number of anilines is 2. The Morgan fingerprint density at radius 1 is 0.806 bits per heavy atom. The van der Waals surface area contributed by atoms with Crippen LogP contribution in [-0.2, 0) is 14.3 Å². The van der Waals surface area contributed by atoms with Crippen molar-refractivity contribution in [1.29, 1.82) is 0 Å². The third-order valence-electron chi connectivity index (χ3n) is 5.11. The highest BCUT2D eigenvalue weighted by Crippen LogP contribution is 2.33. The van der Waals surface area contributed by atoms with Crippen LogP contribution >= 0.6 is 0 Å². The number of hydrogen-bond donors (Lipinski definition) is 2. The third-order valence-corrected chi connectivity index (χ3v) is 5.11. The first-order valence-electron chi connectivity index (χ1n) is 11.4. The molecule has 0 radical (unpaired) electrons. The molecule has 2 rings (SSSR count). The number of benzene rings is 2. The Hall–Kier alpha value is -3.59. The molecule has 0 fully saturated rings. The summed E-state index contributed by atoms with van der Waals surface area (Å²) in [5.41, 5.74) is -0.873. The number of ether oxygens (including phenoxy) is 2. The molecule has 2 aromatic rings. The van der Waals surface area contributed by atoms with Crippen LogP contribution in [0.25, 0.3) is 0 Å². The maximum Gasteiger partial charge on any atom is 0.229 e. The van der Waals surface area contributed by atoms with Gasteiger partial charge >= 0.3 is 0 Å². The average Bonchev–Trinajstić information content (AvgIpc) is 2.78. The topological polar surface area (TPSA) is 111 Å². The van der Waals surface area contributed by atoms with E-state index < -0.39 is 46.3 Å². The molecule has 0 bridgehead atoms. The summed E-state index contributed by atoms with van der Waals surface area (Å²) in [6, 6.07) is 8.42. The van der Waals surface area contributed by atoms with E-state index in [1.807, 2.05) is 0 Å². The Balaban J connectivity index is 2.32. The Morgan fingerprint density at radius 3 is 1.89 bits per heavy atom. The first-order chi connectivity index (χ1) is 16.6. The quantitative estimate of drug-likeness (QED) is 0.277. The fourth-order valence-electron chi connectivity index (χ4n) is 2.90. The highest BCUT2D eigenvalue weighted by atomic mass is 19.1. The van der Waals surface area contributed by atoms with E-state index in [4.69, 9.17) is 9.47 Å². The summed E-state index contributed by atoms with van der Waals surface area (Å²) < 4.78 is 24.7. The molecule has 0 unspecified atom stereocenters. The summed E-state index contributed by atoms with van der Waals surface area (Å²) >= 11 is 0. The van der Waals surface area contributed by atoms with Crippen LogP contribution in [0, 0.1) is 16.6 Å². The van der Waals surface area contributed by atoms with E-state index in [2.05, 4.69) is 10.6 Å². The second-order valence-electron chi connectivity index (χ2n) is 10.4. The zero-order chi connectivity index (χ0) is 27.3. The van der Waals surface area contributed by atoms with E-state index in [0.717, 1.165) is 6.07 Å². The van der Waals surface area contributed by atoms with Gasteiger partial charge in [-0.05, 0) is 36.4 Å². The summed E-state index contributed by atoms with van der Waals surface area (Å²) in [5, 5.41) is 5.39. The molecular weight excluding hydrogens is 467 g/mol. The third kappa shape index (κ3) is 7.45. The molecule has 0 saturated heterocycles. The number of methoxy groups -OCH3 is 1. The minimum absolute atomic E-state index is 0.0282. The van der Waals surface area contributed by atoms with E-state index in [9.17, 15) is 23.6 Å². The van der Waals surface area contributed by atoms with Gasteiger partial charge in [0.1, 0.15) is 0 Å². The van der Waals surface area contributed by atoms with Crippen molar-refractivity contribution in [2.75, 3.05) is 24.5 Å². The lowest BCUT2D eigenvalue weighted by atomic mass is 9.94. The predicted octanol–water partition coefficient (Wildman–Crippen LogP) is 5.23. The van der Waals surface area contributed by atoms with Crippen molar-refractivity contribution in [3.63, 3.8) is 0 Å². The lowest BCUT2D eigenvalue weighted by Gasteiger charge is -2.21. The van der Waals surface area contributed by atoms with Gasteiger partial charge in [-0.15, -0.1) is 0 Å². The SMILES string of the molecule is COCOc1c(F)ccc(NC(=O)C(C)(C)C)c1C(=O)CC(=O)c1ccc(NC(=O)C(C)(C)C)cc1. The molecule has 0 aliphatic rings. The summed E-state index contributed by atoms with van der Waals surface area (Å²) in [4.78, 5) is 50.8. The van der Waals surface area contributed by atoms with Crippen molar-refractivity contribution in [2.45, 2.75) is 48.0 Å². The van der Waals surface area contributed by atoms with Gasteiger partial charge in [0, 0.05) is 29.2 Å². The molecule has 0 heterocycles. The first-order valence-corrected chi connectivity index (χ1v) is 11.4. The minimum atomic E-state index is -0.837. The highest BCUT2D eigenvalue weighted by molar-refractivity contribution is 6.17. The van der Waals surface area contributed by atoms with Gasteiger partial charge in [-0.2, -0.15) is 0 Å². The second-order valence-corrected chi connectivity index (χ2v) is 10.4. The number of hydrogen-bond acceptors (Lipinski definition) is 6. The molecule has 0 spiro atoms.